The smallest absolute Gasteiger partial charge is 0.253 e. The van der Waals surface area contributed by atoms with Crippen LogP contribution in [0.2, 0.25) is 0 Å². The average Bonchev–Trinajstić information content (AvgIpc) is 2.67. The molecule has 0 saturated carbocycles. The highest BCUT2D eigenvalue weighted by Gasteiger charge is 2.10. The average molecular weight is 354 g/mol. The Kier molecular flexibility index (Phi) is 6.79. The van der Waals surface area contributed by atoms with Gasteiger partial charge in [0.1, 0.15) is 0 Å². The molecule has 0 aromatic heterocycles. The summed E-state index contributed by atoms with van der Waals surface area (Å²) in [5.74, 6) is 0.644. The maximum absolute atomic E-state index is 12.2. The lowest BCUT2D eigenvalue weighted by Crippen LogP contribution is -2.20. The maximum atomic E-state index is 12.2. The molecule has 0 radical (unpaired) electrons. The van der Waals surface area contributed by atoms with Crippen LogP contribution in [0.1, 0.15) is 22.8 Å². The van der Waals surface area contributed by atoms with Crippen molar-refractivity contribution >= 4 is 23.6 Å². The fraction of sp³-hybridized carbons (Fsp3) is 0.200. The molecule has 0 heterocycles. The number of carbonyl (C=O) groups is 2. The van der Waals surface area contributed by atoms with Crippen molar-refractivity contribution < 1.29 is 19.1 Å². The predicted molar refractivity (Wildman–Crippen MR) is 102 cm³/mol. The fourth-order valence-electron chi connectivity index (χ4n) is 2.33. The van der Waals surface area contributed by atoms with E-state index in [1.165, 1.54) is 6.08 Å². The van der Waals surface area contributed by atoms with Crippen LogP contribution in [-0.2, 0) is 4.79 Å². The van der Waals surface area contributed by atoms with E-state index in [-0.39, 0.29) is 11.8 Å². The van der Waals surface area contributed by atoms with Crippen LogP contribution in [0.5, 0.6) is 11.5 Å². The summed E-state index contributed by atoms with van der Waals surface area (Å²) in [7, 11) is 3.11. The number of amides is 2. The molecule has 2 aromatic carbocycles. The van der Waals surface area contributed by atoms with Gasteiger partial charge in [0.15, 0.2) is 11.5 Å². The van der Waals surface area contributed by atoms with E-state index in [0.717, 1.165) is 5.56 Å². The minimum atomic E-state index is -0.339. The zero-order chi connectivity index (χ0) is 18.9. The molecule has 0 saturated heterocycles. The molecule has 136 valence electrons. The lowest BCUT2D eigenvalue weighted by atomic mass is 10.1. The van der Waals surface area contributed by atoms with E-state index in [4.69, 9.17) is 9.47 Å². The Labute approximate surface area is 152 Å². The van der Waals surface area contributed by atoms with Gasteiger partial charge in [0.25, 0.3) is 5.91 Å². The summed E-state index contributed by atoms with van der Waals surface area (Å²) in [6.07, 6.45) is 3.06. The van der Waals surface area contributed by atoms with Gasteiger partial charge < -0.3 is 20.1 Å². The molecule has 6 heteroatoms. The first-order valence-corrected chi connectivity index (χ1v) is 8.20. The third kappa shape index (κ3) is 4.86. The molecular formula is C20H22N2O4. The standard InChI is InChI=1S/C20H22N2O4/c1-4-26-17-11-9-14(13-18(17)25-3)10-12-19(23)22-16-8-6-5-7-15(16)20(24)21-2/h5-13H,4H2,1-3H3,(H,21,24)(H,22,23)/b12-10+. The molecular weight excluding hydrogens is 332 g/mol. The number of hydrogen-bond acceptors (Lipinski definition) is 4. The summed E-state index contributed by atoms with van der Waals surface area (Å²) in [5.41, 5.74) is 1.64. The van der Waals surface area contributed by atoms with Crippen molar-refractivity contribution in [1.82, 2.24) is 5.32 Å². The molecule has 2 N–H and O–H groups in total. The van der Waals surface area contributed by atoms with Crippen molar-refractivity contribution in [3.8, 4) is 11.5 Å². The molecule has 6 nitrogen and oxygen atoms in total. The second kappa shape index (κ2) is 9.27. The number of nitrogens with one attached hydrogen (secondary N) is 2. The molecule has 0 aliphatic heterocycles. The summed E-state index contributed by atoms with van der Waals surface area (Å²) in [6.45, 7) is 2.44. The molecule has 0 atom stereocenters. The Bertz CT molecular complexity index is 815. The second-order valence-corrected chi connectivity index (χ2v) is 5.29. The van der Waals surface area contributed by atoms with Gasteiger partial charge in [-0.05, 0) is 42.8 Å². The van der Waals surface area contributed by atoms with E-state index in [2.05, 4.69) is 10.6 Å². The van der Waals surface area contributed by atoms with Crippen molar-refractivity contribution in [3.63, 3.8) is 0 Å². The Morgan fingerprint density at radius 3 is 2.58 bits per heavy atom. The summed E-state index contributed by atoms with van der Waals surface area (Å²) >= 11 is 0. The van der Waals surface area contributed by atoms with Crippen LogP contribution in [0.15, 0.2) is 48.5 Å². The van der Waals surface area contributed by atoms with Gasteiger partial charge in [-0.1, -0.05) is 18.2 Å². The van der Waals surface area contributed by atoms with Gasteiger partial charge >= 0.3 is 0 Å². The Balaban J connectivity index is 2.12. The number of benzene rings is 2. The molecule has 0 spiro atoms. The van der Waals surface area contributed by atoms with Gasteiger partial charge in [-0.25, -0.2) is 0 Å². The highest BCUT2D eigenvalue weighted by molar-refractivity contribution is 6.07. The first-order chi connectivity index (χ1) is 12.6. The first-order valence-electron chi connectivity index (χ1n) is 8.20. The number of ether oxygens (including phenoxy) is 2. The van der Waals surface area contributed by atoms with Gasteiger partial charge in [-0.2, -0.15) is 0 Å². The number of hydrogen-bond donors (Lipinski definition) is 2. The van der Waals surface area contributed by atoms with Gasteiger partial charge in [0.2, 0.25) is 5.91 Å². The second-order valence-electron chi connectivity index (χ2n) is 5.29. The van der Waals surface area contributed by atoms with E-state index in [0.29, 0.717) is 29.4 Å². The van der Waals surface area contributed by atoms with Crippen molar-refractivity contribution in [1.29, 1.82) is 0 Å². The number of rotatable bonds is 7. The molecule has 2 amide bonds. The summed E-state index contributed by atoms with van der Waals surface area (Å²) in [5, 5.41) is 5.26. The minimum absolute atomic E-state index is 0.263. The highest BCUT2D eigenvalue weighted by Crippen LogP contribution is 2.28. The van der Waals surface area contributed by atoms with E-state index in [1.54, 1.807) is 56.6 Å². The summed E-state index contributed by atoms with van der Waals surface area (Å²) in [4.78, 5) is 24.0. The van der Waals surface area contributed by atoms with Gasteiger partial charge in [0.05, 0.1) is 25.0 Å². The Morgan fingerprint density at radius 1 is 1.12 bits per heavy atom. The zero-order valence-electron chi connectivity index (χ0n) is 15.0. The van der Waals surface area contributed by atoms with Crippen LogP contribution in [0.3, 0.4) is 0 Å². The molecule has 26 heavy (non-hydrogen) atoms. The van der Waals surface area contributed by atoms with E-state index in [9.17, 15) is 9.59 Å². The number of para-hydroxylation sites is 1. The molecule has 2 aromatic rings. The van der Waals surface area contributed by atoms with Crippen molar-refractivity contribution in [3.05, 3.63) is 59.7 Å². The predicted octanol–water partition coefficient (Wildman–Crippen LogP) is 3.11. The van der Waals surface area contributed by atoms with Crippen molar-refractivity contribution in [2.24, 2.45) is 0 Å². The summed E-state index contributed by atoms with van der Waals surface area (Å²) in [6, 6.07) is 12.2. The molecule has 0 aliphatic rings. The fourth-order valence-corrected chi connectivity index (χ4v) is 2.33. The van der Waals surface area contributed by atoms with Crippen molar-refractivity contribution in [2.45, 2.75) is 6.92 Å². The molecule has 0 unspecified atom stereocenters. The van der Waals surface area contributed by atoms with Crippen LogP contribution in [0.25, 0.3) is 6.08 Å². The monoisotopic (exact) mass is 354 g/mol. The highest BCUT2D eigenvalue weighted by atomic mass is 16.5. The largest absolute Gasteiger partial charge is 0.493 e. The molecule has 2 rings (SSSR count). The molecule has 0 bridgehead atoms. The van der Waals surface area contributed by atoms with Crippen molar-refractivity contribution in [2.75, 3.05) is 26.1 Å². The van der Waals surface area contributed by atoms with Crippen LogP contribution in [-0.4, -0.2) is 32.6 Å². The Hall–Kier alpha value is -3.28. The van der Waals surface area contributed by atoms with Gasteiger partial charge in [0, 0.05) is 13.1 Å². The van der Waals surface area contributed by atoms with Crippen LogP contribution >= 0.6 is 0 Å². The van der Waals surface area contributed by atoms with Crippen LogP contribution < -0.4 is 20.1 Å². The first kappa shape index (κ1) is 19.1. The number of methoxy groups -OCH3 is 1. The summed E-state index contributed by atoms with van der Waals surface area (Å²) < 4.78 is 10.8. The normalized spacial score (nSPS) is 10.4. The SMILES string of the molecule is CCOc1ccc(/C=C/C(=O)Nc2ccccc2C(=O)NC)cc1OC. The topological polar surface area (TPSA) is 76.7 Å². The minimum Gasteiger partial charge on any atom is -0.493 e. The lowest BCUT2D eigenvalue weighted by molar-refractivity contribution is -0.111. The number of carbonyl (C=O) groups excluding carboxylic acids is 2. The quantitative estimate of drug-likeness (QED) is 0.749. The third-order valence-electron chi connectivity index (χ3n) is 3.57. The van der Waals surface area contributed by atoms with Crippen LogP contribution in [0.4, 0.5) is 5.69 Å². The molecule has 0 aliphatic carbocycles. The van der Waals surface area contributed by atoms with Gasteiger partial charge in [-0.15, -0.1) is 0 Å². The Morgan fingerprint density at radius 2 is 1.88 bits per heavy atom. The maximum Gasteiger partial charge on any atom is 0.253 e. The van der Waals surface area contributed by atoms with Gasteiger partial charge in [-0.3, -0.25) is 9.59 Å². The lowest BCUT2D eigenvalue weighted by Gasteiger charge is -2.10. The number of anilines is 1. The van der Waals surface area contributed by atoms with E-state index in [1.807, 2.05) is 13.0 Å². The zero-order valence-corrected chi connectivity index (χ0v) is 15.0. The van der Waals surface area contributed by atoms with E-state index >= 15 is 0 Å². The third-order valence-corrected chi connectivity index (χ3v) is 3.57. The van der Waals surface area contributed by atoms with Crippen LogP contribution in [0, 0.1) is 0 Å². The molecule has 0 fully saturated rings. The van der Waals surface area contributed by atoms with E-state index < -0.39 is 0 Å².